The maximum absolute atomic E-state index is 10.8. The summed E-state index contributed by atoms with van der Waals surface area (Å²) in [6.45, 7) is 1.76. The molecule has 0 fully saturated rings. The standard InChI is InChI=1S/C11H10ClN5O2S/c1-5-9(20-11(15-5)16-10(13)14)7-4-6(17(18)19)2-3-8(7)12/h2-4H,1H3,(H4,13,14,15,16). The number of thiazole rings is 1. The summed E-state index contributed by atoms with van der Waals surface area (Å²) in [4.78, 5) is 19.1. The van der Waals surface area contributed by atoms with Crippen LogP contribution < -0.4 is 11.5 Å². The fraction of sp³-hybridized carbons (Fsp3) is 0.0909. The number of benzene rings is 1. The lowest BCUT2D eigenvalue weighted by molar-refractivity contribution is -0.384. The maximum Gasteiger partial charge on any atom is 0.270 e. The second-order valence-electron chi connectivity index (χ2n) is 3.87. The van der Waals surface area contributed by atoms with Gasteiger partial charge in [0.25, 0.3) is 5.69 Å². The molecule has 1 aromatic carbocycles. The third kappa shape index (κ3) is 2.86. The number of rotatable bonds is 3. The zero-order valence-electron chi connectivity index (χ0n) is 10.3. The number of nitrogens with zero attached hydrogens (tertiary/aromatic N) is 3. The molecule has 20 heavy (non-hydrogen) atoms. The van der Waals surface area contributed by atoms with Crippen molar-refractivity contribution in [3.63, 3.8) is 0 Å². The molecule has 104 valence electrons. The quantitative estimate of drug-likeness (QED) is 0.390. The second-order valence-corrected chi connectivity index (χ2v) is 5.25. The van der Waals surface area contributed by atoms with Crippen molar-refractivity contribution in [3.05, 3.63) is 39.0 Å². The third-order valence-corrected chi connectivity index (χ3v) is 3.83. The van der Waals surface area contributed by atoms with E-state index in [1.165, 1.54) is 29.5 Å². The zero-order valence-corrected chi connectivity index (χ0v) is 11.9. The third-order valence-electron chi connectivity index (χ3n) is 2.42. The average Bonchev–Trinajstić information content (AvgIpc) is 2.69. The van der Waals surface area contributed by atoms with Gasteiger partial charge in [0.2, 0.25) is 5.13 Å². The van der Waals surface area contributed by atoms with Crippen LogP contribution in [0.5, 0.6) is 0 Å². The highest BCUT2D eigenvalue weighted by atomic mass is 35.5. The van der Waals surface area contributed by atoms with Crippen molar-refractivity contribution < 1.29 is 4.92 Å². The Morgan fingerprint density at radius 2 is 2.20 bits per heavy atom. The highest BCUT2D eigenvalue weighted by Crippen LogP contribution is 2.39. The Labute approximate surface area is 123 Å². The summed E-state index contributed by atoms with van der Waals surface area (Å²) in [5, 5.41) is 11.6. The number of aliphatic imine (C=N–C) groups is 1. The molecule has 0 bridgehead atoms. The number of nitro groups is 1. The first-order chi connectivity index (χ1) is 9.38. The Morgan fingerprint density at radius 3 is 2.80 bits per heavy atom. The second kappa shape index (κ2) is 5.43. The van der Waals surface area contributed by atoms with Gasteiger partial charge in [-0.15, -0.1) is 0 Å². The van der Waals surface area contributed by atoms with Gasteiger partial charge in [0.15, 0.2) is 5.96 Å². The lowest BCUT2D eigenvalue weighted by Crippen LogP contribution is -2.21. The van der Waals surface area contributed by atoms with E-state index in [1.54, 1.807) is 6.92 Å². The topological polar surface area (TPSA) is 120 Å². The number of hydrogen-bond acceptors (Lipinski definition) is 5. The summed E-state index contributed by atoms with van der Waals surface area (Å²) in [6.07, 6.45) is 0. The molecule has 0 aliphatic rings. The van der Waals surface area contributed by atoms with Gasteiger partial charge in [-0.05, 0) is 13.0 Å². The van der Waals surface area contributed by atoms with Gasteiger partial charge < -0.3 is 11.5 Å². The summed E-state index contributed by atoms with van der Waals surface area (Å²) in [7, 11) is 0. The van der Waals surface area contributed by atoms with E-state index < -0.39 is 4.92 Å². The van der Waals surface area contributed by atoms with E-state index in [0.29, 0.717) is 26.3 Å². The SMILES string of the molecule is Cc1nc(N=C(N)N)sc1-c1cc([N+](=O)[O-])ccc1Cl. The molecule has 0 aliphatic carbocycles. The predicted molar refractivity (Wildman–Crippen MR) is 79.4 cm³/mol. The van der Waals surface area contributed by atoms with Crippen molar-refractivity contribution in [1.82, 2.24) is 4.98 Å². The molecule has 0 saturated carbocycles. The molecule has 9 heteroatoms. The molecule has 0 amide bonds. The zero-order chi connectivity index (χ0) is 14.9. The minimum absolute atomic E-state index is 0.0411. The summed E-state index contributed by atoms with van der Waals surface area (Å²) in [5.74, 6) is -0.101. The summed E-state index contributed by atoms with van der Waals surface area (Å²) in [5.41, 5.74) is 11.7. The summed E-state index contributed by atoms with van der Waals surface area (Å²) in [6, 6.07) is 4.23. The lowest BCUT2D eigenvalue weighted by Gasteiger charge is -2.02. The Bertz CT molecular complexity index is 709. The van der Waals surface area contributed by atoms with Crippen molar-refractivity contribution in [2.45, 2.75) is 6.92 Å². The van der Waals surface area contributed by atoms with Crippen molar-refractivity contribution >= 4 is 39.7 Å². The van der Waals surface area contributed by atoms with Gasteiger partial charge in [0, 0.05) is 22.7 Å². The molecule has 0 aliphatic heterocycles. The first-order valence-corrected chi connectivity index (χ1v) is 6.59. The van der Waals surface area contributed by atoms with Crippen LogP contribution in [0.25, 0.3) is 10.4 Å². The molecule has 4 N–H and O–H groups in total. The van der Waals surface area contributed by atoms with Gasteiger partial charge in [-0.1, -0.05) is 22.9 Å². The van der Waals surface area contributed by atoms with Gasteiger partial charge in [-0.2, -0.15) is 4.99 Å². The number of aryl methyl sites for hydroxylation is 1. The number of guanidine groups is 1. The van der Waals surface area contributed by atoms with Crippen LogP contribution in [0.2, 0.25) is 5.02 Å². The molecule has 0 atom stereocenters. The molecule has 7 nitrogen and oxygen atoms in total. The largest absolute Gasteiger partial charge is 0.370 e. The van der Waals surface area contributed by atoms with Crippen LogP contribution in [-0.2, 0) is 0 Å². The van der Waals surface area contributed by atoms with E-state index in [0.717, 1.165) is 0 Å². The van der Waals surface area contributed by atoms with Gasteiger partial charge in [0.05, 0.1) is 15.5 Å². The fourth-order valence-electron chi connectivity index (χ4n) is 1.59. The lowest BCUT2D eigenvalue weighted by atomic mass is 10.1. The molecule has 1 aromatic heterocycles. The van der Waals surface area contributed by atoms with Crippen LogP contribution in [0, 0.1) is 17.0 Å². The Hall–Kier alpha value is -2.19. The van der Waals surface area contributed by atoms with Gasteiger partial charge in [-0.3, -0.25) is 10.1 Å². The van der Waals surface area contributed by atoms with Gasteiger partial charge in [-0.25, -0.2) is 4.98 Å². The first-order valence-electron chi connectivity index (χ1n) is 5.40. The monoisotopic (exact) mass is 311 g/mol. The summed E-state index contributed by atoms with van der Waals surface area (Å²) < 4.78 is 0. The molecule has 0 spiro atoms. The smallest absolute Gasteiger partial charge is 0.270 e. The van der Waals surface area contributed by atoms with Crippen molar-refractivity contribution in [2.75, 3.05) is 0 Å². The van der Waals surface area contributed by atoms with Gasteiger partial charge >= 0.3 is 0 Å². The van der Waals surface area contributed by atoms with Crippen LogP contribution in [0.15, 0.2) is 23.2 Å². The van der Waals surface area contributed by atoms with E-state index in [9.17, 15) is 10.1 Å². The van der Waals surface area contributed by atoms with E-state index >= 15 is 0 Å². The van der Waals surface area contributed by atoms with Gasteiger partial charge in [0.1, 0.15) is 0 Å². The van der Waals surface area contributed by atoms with Crippen LogP contribution in [0.4, 0.5) is 10.8 Å². The predicted octanol–water partition coefficient (Wildman–Crippen LogP) is 2.59. The normalized spacial score (nSPS) is 10.3. The summed E-state index contributed by atoms with van der Waals surface area (Å²) >= 11 is 7.30. The Morgan fingerprint density at radius 1 is 1.50 bits per heavy atom. The first kappa shape index (κ1) is 14.2. The van der Waals surface area contributed by atoms with E-state index in [1.807, 2.05) is 0 Å². The fourth-order valence-corrected chi connectivity index (χ4v) is 2.85. The number of aromatic nitrogens is 1. The number of nitro benzene ring substituents is 1. The number of nitrogens with two attached hydrogens (primary N) is 2. The van der Waals surface area contributed by atoms with Crippen LogP contribution in [0.1, 0.15) is 5.69 Å². The van der Waals surface area contributed by atoms with E-state index in [4.69, 9.17) is 23.1 Å². The highest BCUT2D eigenvalue weighted by molar-refractivity contribution is 7.18. The number of hydrogen-bond donors (Lipinski definition) is 2. The van der Waals surface area contributed by atoms with Crippen LogP contribution >= 0.6 is 22.9 Å². The van der Waals surface area contributed by atoms with Crippen molar-refractivity contribution in [2.24, 2.45) is 16.5 Å². The molecular formula is C11H10ClN5O2S. The Balaban J connectivity index is 2.56. The maximum atomic E-state index is 10.8. The van der Waals surface area contributed by atoms with E-state index in [2.05, 4.69) is 9.98 Å². The Kier molecular flexibility index (Phi) is 3.86. The molecule has 2 rings (SSSR count). The number of halogens is 1. The molecule has 0 radical (unpaired) electrons. The molecule has 1 heterocycles. The highest BCUT2D eigenvalue weighted by Gasteiger charge is 2.16. The molecule has 0 unspecified atom stereocenters. The molecule has 2 aromatic rings. The minimum atomic E-state index is -0.479. The minimum Gasteiger partial charge on any atom is -0.370 e. The van der Waals surface area contributed by atoms with Crippen molar-refractivity contribution in [1.29, 1.82) is 0 Å². The van der Waals surface area contributed by atoms with Crippen LogP contribution in [0.3, 0.4) is 0 Å². The van der Waals surface area contributed by atoms with E-state index in [-0.39, 0.29) is 11.6 Å². The van der Waals surface area contributed by atoms with Crippen LogP contribution in [-0.4, -0.2) is 15.9 Å². The average molecular weight is 312 g/mol. The number of non-ortho nitro benzene ring substituents is 1. The van der Waals surface area contributed by atoms with Crippen molar-refractivity contribution in [3.8, 4) is 10.4 Å². The molecule has 0 saturated heterocycles. The molecular weight excluding hydrogens is 302 g/mol.